The van der Waals surface area contributed by atoms with Gasteiger partial charge in [-0.2, -0.15) is 13.2 Å². The molecule has 0 aliphatic heterocycles. The van der Waals surface area contributed by atoms with Crippen molar-refractivity contribution in [2.24, 2.45) is 0 Å². The fraction of sp³-hybridized carbons (Fsp3) is 0.281. The van der Waals surface area contributed by atoms with E-state index in [-0.39, 0.29) is 11.8 Å². The normalized spacial score (nSPS) is 13.2. The molecular weight excluding hydrogens is 593 g/mol. The van der Waals surface area contributed by atoms with Gasteiger partial charge in [-0.3, -0.25) is 14.4 Å². The van der Waals surface area contributed by atoms with Gasteiger partial charge < -0.3 is 15.7 Å². The highest BCUT2D eigenvalue weighted by atomic mass is 32.1. The van der Waals surface area contributed by atoms with Crippen LogP contribution in [0.5, 0.6) is 0 Å². The molecule has 0 saturated carbocycles. The van der Waals surface area contributed by atoms with Gasteiger partial charge in [-0.05, 0) is 47.7 Å². The Kier molecular flexibility index (Phi) is 9.53. The molecule has 0 aliphatic rings. The largest absolute Gasteiger partial charge is 0.480 e. The van der Waals surface area contributed by atoms with Crippen LogP contribution in [0.3, 0.4) is 0 Å². The number of thiophene rings is 1. The molecule has 0 aliphatic carbocycles. The number of rotatable bonds is 9. The van der Waals surface area contributed by atoms with Crippen LogP contribution in [0.25, 0.3) is 22.5 Å². The molecule has 0 bridgehead atoms. The summed E-state index contributed by atoms with van der Waals surface area (Å²) in [7, 11) is 0. The SMILES string of the molecule is C[C@@H](NC(=O)[C@H](Cc1ccc(-c2ncc(-c3ccc(C(F)(F)F)cc3)cn2)cc1)NC(=O)c1ccc(C(C)(C)C)s1)C(=O)O. The number of aliphatic carboxylic acids is 1. The van der Waals surface area contributed by atoms with E-state index in [0.29, 0.717) is 33.0 Å². The summed E-state index contributed by atoms with van der Waals surface area (Å²) < 4.78 is 38.6. The molecule has 4 aromatic rings. The molecule has 2 aromatic carbocycles. The number of hydrogen-bond acceptors (Lipinski definition) is 6. The first kappa shape index (κ1) is 32.3. The summed E-state index contributed by atoms with van der Waals surface area (Å²) >= 11 is 1.33. The van der Waals surface area contributed by atoms with Gasteiger partial charge in [-0.15, -0.1) is 11.3 Å². The molecule has 230 valence electrons. The van der Waals surface area contributed by atoms with Crippen LogP contribution in [0.15, 0.2) is 73.1 Å². The van der Waals surface area contributed by atoms with E-state index in [9.17, 15) is 32.7 Å². The Bertz CT molecular complexity index is 1630. The quantitative estimate of drug-likeness (QED) is 0.206. The predicted molar refractivity (Wildman–Crippen MR) is 161 cm³/mol. The minimum Gasteiger partial charge on any atom is -0.480 e. The summed E-state index contributed by atoms with van der Waals surface area (Å²) in [5.74, 6) is -1.89. The molecule has 0 unspecified atom stereocenters. The van der Waals surface area contributed by atoms with Gasteiger partial charge in [-0.25, -0.2) is 9.97 Å². The van der Waals surface area contributed by atoms with Crippen molar-refractivity contribution < 1.29 is 32.7 Å². The zero-order valence-corrected chi connectivity index (χ0v) is 25.2. The topological polar surface area (TPSA) is 121 Å². The van der Waals surface area contributed by atoms with Crippen molar-refractivity contribution in [3.05, 3.63) is 93.9 Å². The number of alkyl halides is 3. The van der Waals surface area contributed by atoms with Crippen LogP contribution in [-0.2, 0) is 27.6 Å². The second-order valence-electron chi connectivity index (χ2n) is 11.3. The highest BCUT2D eigenvalue weighted by molar-refractivity contribution is 7.14. The molecule has 2 heterocycles. The molecule has 2 aromatic heterocycles. The standard InChI is InChI=1S/C32H31F3N4O4S/c1-18(30(42)43)38-28(40)24(39-29(41)25-13-14-26(44-25)31(2,3)4)15-19-5-7-21(8-6-19)27-36-16-22(17-37-27)20-9-11-23(12-10-20)32(33,34)35/h5-14,16-18,24H,15H2,1-4H3,(H,38,40)(H,39,41)(H,42,43)/t18-,24+/m1/s1. The maximum absolute atomic E-state index is 13.1. The maximum atomic E-state index is 13.1. The number of nitrogens with one attached hydrogen (secondary N) is 2. The Hall–Kier alpha value is -4.58. The van der Waals surface area contributed by atoms with Gasteiger partial charge in [0.05, 0.1) is 10.4 Å². The van der Waals surface area contributed by atoms with Crippen molar-refractivity contribution in [2.45, 2.75) is 57.8 Å². The second kappa shape index (κ2) is 13.0. The average molecular weight is 625 g/mol. The van der Waals surface area contributed by atoms with Crippen LogP contribution in [0.4, 0.5) is 13.2 Å². The number of benzene rings is 2. The van der Waals surface area contributed by atoms with Crippen molar-refractivity contribution in [2.75, 3.05) is 0 Å². The Morgan fingerprint density at radius 3 is 1.95 bits per heavy atom. The first-order valence-corrected chi connectivity index (χ1v) is 14.5. The number of carboxylic acids is 1. The number of halogens is 3. The summed E-state index contributed by atoms with van der Waals surface area (Å²) in [5, 5.41) is 14.4. The molecule has 4 rings (SSSR count). The molecule has 0 spiro atoms. The summed E-state index contributed by atoms with van der Waals surface area (Å²) in [6.45, 7) is 7.44. The Morgan fingerprint density at radius 2 is 1.43 bits per heavy atom. The molecule has 0 radical (unpaired) electrons. The van der Waals surface area contributed by atoms with E-state index in [4.69, 9.17) is 0 Å². The van der Waals surface area contributed by atoms with Crippen LogP contribution >= 0.6 is 11.3 Å². The van der Waals surface area contributed by atoms with Gasteiger partial charge in [0.1, 0.15) is 12.1 Å². The Labute approximate surface area is 256 Å². The highest BCUT2D eigenvalue weighted by Crippen LogP contribution is 2.31. The Balaban J connectivity index is 1.49. The molecule has 0 fully saturated rings. The van der Waals surface area contributed by atoms with Gasteiger partial charge in [0.2, 0.25) is 5.91 Å². The highest BCUT2D eigenvalue weighted by Gasteiger charge is 2.30. The zero-order valence-electron chi connectivity index (χ0n) is 24.4. The summed E-state index contributed by atoms with van der Waals surface area (Å²) in [4.78, 5) is 47.6. The fourth-order valence-corrected chi connectivity index (χ4v) is 5.15. The van der Waals surface area contributed by atoms with E-state index in [1.807, 2.05) is 26.8 Å². The van der Waals surface area contributed by atoms with Gasteiger partial charge in [-0.1, -0.05) is 57.2 Å². The van der Waals surface area contributed by atoms with E-state index < -0.39 is 41.6 Å². The van der Waals surface area contributed by atoms with Gasteiger partial charge in [0, 0.05) is 34.8 Å². The van der Waals surface area contributed by atoms with Gasteiger partial charge in [0.15, 0.2) is 5.82 Å². The second-order valence-corrected chi connectivity index (χ2v) is 12.4. The minimum absolute atomic E-state index is 0.0927. The number of hydrogen-bond donors (Lipinski definition) is 3. The van der Waals surface area contributed by atoms with Crippen molar-refractivity contribution >= 4 is 29.1 Å². The van der Waals surface area contributed by atoms with E-state index in [1.165, 1.54) is 42.8 Å². The summed E-state index contributed by atoms with van der Waals surface area (Å²) in [5.41, 5.74) is 1.56. The summed E-state index contributed by atoms with van der Waals surface area (Å²) in [6.07, 6.45) is -1.28. The molecule has 0 saturated heterocycles. The molecule has 8 nitrogen and oxygen atoms in total. The molecule has 12 heteroatoms. The van der Waals surface area contributed by atoms with E-state index in [0.717, 1.165) is 17.0 Å². The first-order valence-electron chi connectivity index (χ1n) is 13.6. The fourth-order valence-electron chi connectivity index (χ4n) is 4.18. The van der Waals surface area contributed by atoms with E-state index in [1.54, 1.807) is 30.3 Å². The van der Waals surface area contributed by atoms with Crippen LogP contribution < -0.4 is 10.6 Å². The van der Waals surface area contributed by atoms with Gasteiger partial charge in [0.25, 0.3) is 5.91 Å². The third kappa shape index (κ3) is 8.07. The van der Waals surface area contributed by atoms with Crippen LogP contribution in [0.1, 0.15) is 53.4 Å². The minimum atomic E-state index is -4.42. The lowest BCUT2D eigenvalue weighted by molar-refractivity contribution is -0.141. The van der Waals surface area contributed by atoms with Crippen LogP contribution in [0, 0.1) is 0 Å². The number of aromatic nitrogens is 2. The number of nitrogens with zero attached hydrogens (tertiary/aromatic N) is 2. The predicted octanol–water partition coefficient (Wildman–Crippen LogP) is 6.12. The smallest absolute Gasteiger partial charge is 0.416 e. The molecule has 3 N–H and O–H groups in total. The number of carboxylic acid groups (broad SMARTS) is 1. The van der Waals surface area contributed by atoms with Crippen molar-refractivity contribution in [3.63, 3.8) is 0 Å². The van der Waals surface area contributed by atoms with Gasteiger partial charge >= 0.3 is 12.1 Å². The Morgan fingerprint density at radius 1 is 0.841 bits per heavy atom. The monoisotopic (exact) mass is 624 g/mol. The van der Waals surface area contributed by atoms with Crippen LogP contribution in [0.2, 0.25) is 0 Å². The van der Waals surface area contributed by atoms with Crippen molar-refractivity contribution in [1.29, 1.82) is 0 Å². The van der Waals surface area contributed by atoms with Crippen molar-refractivity contribution in [3.8, 4) is 22.5 Å². The van der Waals surface area contributed by atoms with Crippen molar-refractivity contribution in [1.82, 2.24) is 20.6 Å². The third-order valence-corrected chi connectivity index (χ3v) is 8.28. The first-order chi connectivity index (χ1) is 20.6. The zero-order chi connectivity index (χ0) is 32.2. The number of amides is 2. The molecule has 44 heavy (non-hydrogen) atoms. The van der Waals surface area contributed by atoms with E-state index >= 15 is 0 Å². The van der Waals surface area contributed by atoms with Crippen LogP contribution in [-0.4, -0.2) is 44.9 Å². The number of carbonyl (C=O) groups is 3. The molecular formula is C32H31F3N4O4S. The lowest BCUT2D eigenvalue weighted by Crippen LogP contribution is -2.51. The van der Waals surface area contributed by atoms with E-state index in [2.05, 4.69) is 20.6 Å². The molecule has 2 atom stereocenters. The lowest BCUT2D eigenvalue weighted by Gasteiger charge is -2.20. The maximum Gasteiger partial charge on any atom is 0.416 e. The third-order valence-electron chi connectivity index (χ3n) is 6.77. The molecule has 2 amide bonds. The number of carbonyl (C=O) groups excluding carboxylic acids is 2. The lowest BCUT2D eigenvalue weighted by atomic mass is 9.95. The summed E-state index contributed by atoms with van der Waals surface area (Å²) in [6, 6.07) is 13.1. The average Bonchev–Trinajstić information content (AvgIpc) is 3.48.